The molecular weight excluding hydrogens is 178 g/mol. The summed E-state index contributed by atoms with van der Waals surface area (Å²) in [7, 11) is 0. The molecule has 0 bridgehead atoms. The average Bonchev–Trinajstić information content (AvgIpc) is 2.23. The van der Waals surface area contributed by atoms with Gasteiger partial charge in [0, 0.05) is 6.20 Å². The number of aromatic nitrogens is 2. The van der Waals surface area contributed by atoms with Crippen LogP contribution in [0.2, 0.25) is 0 Å². The Kier molecular flexibility index (Phi) is 2.27. The third kappa shape index (κ3) is 1.98. The maximum atomic E-state index is 5.45. The van der Waals surface area contributed by atoms with Crippen LogP contribution in [0.25, 0.3) is 0 Å². The Morgan fingerprint density at radius 1 is 1.07 bits per heavy atom. The van der Waals surface area contributed by atoms with Crippen molar-refractivity contribution in [2.24, 2.45) is 0 Å². The monoisotopic (exact) mass is 187 g/mol. The second-order valence-corrected chi connectivity index (χ2v) is 2.71. The van der Waals surface area contributed by atoms with Crippen LogP contribution in [0.3, 0.4) is 0 Å². The summed E-state index contributed by atoms with van der Waals surface area (Å²) < 4.78 is 5.45. The van der Waals surface area contributed by atoms with Gasteiger partial charge in [-0.2, -0.15) is 0 Å². The van der Waals surface area contributed by atoms with Gasteiger partial charge in [0.05, 0.1) is 12.4 Å². The van der Waals surface area contributed by atoms with Crippen LogP contribution in [0.15, 0.2) is 42.9 Å². The Labute approximate surface area is 81.4 Å². The first kappa shape index (κ1) is 8.50. The number of hydrogen-bond donors (Lipinski definition) is 1. The lowest BCUT2D eigenvalue weighted by molar-refractivity contribution is 0.478. The fourth-order valence-corrected chi connectivity index (χ4v) is 0.996. The van der Waals surface area contributed by atoms with E-state index in [2.05, 4.69) is 9.97 Å². The molecule has 0 aromatic carbocycles. The largest absolute Gasteiger partial charge is 0.454 e. The molecule has 2 aromatic heterocycles. The number of ether oxygens (including phenoxy) is 1. The van der Waals surface area contributed by atoms with Gasteiger partial charge in [0.2, 0.25) is 0 Å². The quantitative estimate of drug-likeness (QED) is 0.779. The van der Waals surface area contributed by atoms with E-state index in [0.29, 0.717) is 17.3 Å². The van der Waals surface area contributed by atoms with Crippen LogP contribution in [0.1, 0.15) is 0 Å². The number of hydrogen-bond acceptors (Lipinski definition) is 4. The summed E-state index contributed by atoms with van der Waals surface area (Å²) in [4.78, 5) is 7.84. The molecule has 0 spiro atoms. The molecule has 2 rings (SSSR count). The van der Waals surface area contributed by atoms with Crippen LogP contribution >= 0.6 is 0 Å². The number of nitrogens with zero attached hydrogens (tertiary/aromatic N) is 2. The molecule has 14 heavy (non-hydrogen) atoms. The lowest BCUT2D eigenvalue weighted by Crippen LogP contribution is -1.90. The van der Waals surface area contributed by atoms with E-state index in [-0.39, 0.29) is 0 Å². The van der Waals surface area contributed by atoms with Crippen LogP contribution in [-0.2, 0) is 0 Å². The van der Waals surface area contributed by atoms with Crippen LogP contribution in [0.5, 0.6) is 11.5 Å². The van der Waals surface area contributed by atoms with Gasteiger partial charge in [-0.15, -0.1) is 0 Å². The van der Waals surface area contributed by atoms with Gasteiger partial charge in [0.1, 0.15) is 17.3 Å². The van der Waals surface area contributed by atoms with Crippen LogP contribution in [-0.4, -0.2) is 9.97 Å². The molecule has 4 heteroatoms. The summed E-state index contributed by atoms with van der Waals surface area (Å²) in [6.45, 7) is 0. The third-order valence-electron chi connectivity index (χ3n) is 1.63. The predicted molar refractivity (Wildman–Crippen MR) is 53.0 cm³/mol. The summed E-state index contributed by atoms with van der Waals surface area (Å²) in [6.07, 6.45) is 4.90. The van der Waals surface area contributed by atoms with E-state index in [1.807, 2.05) is 6.07 Å². The first-order chi connectivity index (χ1) is 6.84. The van der Waals surface area contributed by atoms with E-state index in [0.717, 1.165) is 0 Å². The number of pyridine rings is 2. The molecule has 0 radical (unpaired) electrons. The molecule has 2 heterocycles. The minimum Gasteiger partial charge on any atom is -0.454 e. The first-order valence-electron chi connectivity index (χ1n) is 4.14. The Bertz CT molecular complexity index is 399. The molecule has 0 saturated carbocycles. The second kappa shape index (κ2) is 3.74. The topological polar surface area (TPSA) is 61.0 Å². The van der Waals surface area contributed by atoms with Crippen molar-refractivity contribution in [1.29, 1.82) is 0 Å². The van der Waals surface area contributed by atoms with Gasteiger partial charge < -0.3 is 10.5 Å². The molecule has 0 fully saturated rings. The molecule has 70 valence electrons. The molecule has 0 saturated heterocycles. The molecule has 2 aromatic rings. The second-order valence-electron chi connectivity index (χ2n) is 2.71. The summed E-state index contributed by atoms with van der Waals surface area (Å²) in [5, 5.41) is 0. The van der Waals surface area contributed by atoms with Crippen molar-refractivity contribution in [2.45, 2.75) is 0 Å². The van der Waals surface area contributed by atoms with Gasteiger partial charge in [-0.1, -0.05) is 0 Å². The molecule has 0 atom stereocenters. The molecule has 0 aliphatic heterocycles. The lowest BCUT2D eigenvalue weighted by Gasteiger charge is -2.03. The smallest absolute Gasteiger partial charge is 0.145 e. The summed E-state index contributed by atoms with van der Waals surface area (Å²) in [5.74, 6) is 1.80. The van der Waals surface area contributed by atoms with Gasteiger partial charge in [0.15, 0.2) is 0 Å². The standard InChI is InChI=1S/C10H9N3O/c11-10-4-3-9(7-13-10)14-8-2-1-5-12-6-8/h1-7H,(H2,11,13). The maximum absolute atomic E-state index is 5.45. The van der Waals surface area contributed by atoms with Gasteiger partial charge in [0.25, 0.3) is 0 Å². The van der Waals surface area contributed by atoms with E-state index in [9.17, 15) is 0 Å². The van der Waals surface area contributed by atoms with E-state index in [1.165, 1.54) is 0 Å². The van der Waals surface area contributed by atoms with Crippen molar-refractivity contribution in [3.8, 4) is 11.5 Å². The Balaban J connectivity index is 2.16. The normalized spacial score (nSPS) is 9.71. The minimum atomic E-state index is 0.475. The Morgan fingerprint density at radius 2 is 1.93 bits per heavy atom. The molecule has 4 nitrogen and oxygen atoms in total. The highest BCUT2D eigenvalue weighted by Gasteiger charge is 1.96. The van der Waals surface area contributed by atoms with E-state index >= 15 is 0 Å². The molecular formula is C10H9N3O. The van der Waals surface area contributed by atoms with Gasteiger partial charge in [-0.25, -0.2) is 4.98 Å². The van der Waals surface area contributed by atoms with E-state index in [1.54, 1.807) is 36.8 Å². The van der Waals surface area contributed by atoms with Crippen molar-refractivity contribution >= 4 is 5.82 Å². The Morgan fingerprint density at radius 3 is 2.57 bits per heavy atom. The highest BCUT2D eigenvalue weighted by Crippen LogP contribution is 2.19. The van der Waals surface area contributed by atoms with Gasteiger partial charge in [-0.3, -0.25) is 4.98 Å². The zero-order valence-electron chi connectivity index (χ0n) is 7.42. The van der Waals surface area contributed by atoms with Crippen LogP contribution < -0.4 is 10.5 Å². The van der Waals surface area contributed by atoms with Crippen LogP contribution in [0, 0.1) is 0 Å². The zero-order valence-corrected chi connectivity index (χ0v) is 7.42. The van der Waals surface area contributed by atoms with E-state index < -0.39 is 0 Å². The SMILES string of the molecule is Nc1ccc(Oc2cccnc2)cn1. The van der Waals surface area contributed by atoms with Gasteiger partial charge >= 0.3 is 0 Å². The maximum Gasteiger partial charge on any atom is 0.145 e. The summed E-state index contributed by atoms with van der Waals surface area (Å²) >= 11 is 0. The Hall–Kier alpha value is -2.10. The first-order valence-corrected chi connectivity index (χ1v) is 4.14. The molecule has 0 aliphatic rings. The van der Waals surface area contributed by atoms with Crippen molar-refractivity contribution in [2.75, 3.05) is 5.73 Å². The molecule has 0 aliphatic carbocycles. The third-order valence-corrected chi connectivity index (χ3v) is 1.63. The molecule has 2 N–H and O–H groups in total. The van der Waals surface area contributed by atoms with Gasteiger partial charge in [-0.05, 0) is 24.3 Å². The molecule has 0 unspecified atom stereocenters. The molecule has 0 amide bonds. The average molecular weight is 187 g/mol. The fraction of sp³-hybridized carbons (Fsp3) is 0. The predicted octanol–water partition coefficient (Wildman–Crippen LogP) is 1.85. The van der Waals surface area contributed by atoms with E-state index in [4.69, 9.17) is 10.5 Å². The summed E-state index contributed by atoms with van der Waals surface area (Å²) in [6, 6.07) is 7.07. The zero-order chi connectivity index (χ0) is 9.80. The number of rotatable bonds is 2. The highest BCUT2D eigenvalue weighted by atomic mass is 16.5. The van der Waals surface area contributed by atoms with Crippen LogP contribution in [0.4, 0.5) is 5.82 Å². The number of nitrogen functional groups attached to an aromatic ring is 1. The summed E-state index contributed by atoms with van der Waals surface area (Å²) in [5.41, 5.74) is 5.44. The lowest BCUT2D eigenvalue weighted by atomic mass is 10.4. The fourth-order valence-electron chi connectivity index (χ4n) is 0.996. The van der Waals surface area contributed by atoms with Crippen molar-refractivity contribution < 1.29 is 4.74 Å². The minimum absolute atomic E-state index is 0.475. The van der Waals surface area contributed by atoms with Crippen molar-refractivity contribution in [3.63, 3.8) is 0 Å². The van der Waals surface area contributed by atoms with Crippen molar-refractivity contribution in [1.82, 2.24) is 9.97 Å². The van der Waals surface area contributed by atoms with Crippen molar-refractivity contribution in [3.05, 3.63) is 42.9 Å². The highest BCUT2D eigenvalue weighted by molar-refractivity contribution is 5.34. The number of nitrogens with two attached hydrogens (primary N) is 1. The number of anilines is 1.